The number of amides is 1. The third kappa shape index (κ3) is 3.04. The summed E-state index contributed by atoms with van der Waals surface area (Å²) in [7, 11) is 1.43. The van der Waals surface area contributed by atoms with E-state index in [1.807, 2.05) is 4.90 Å². The van der Waals surface area contributed by atoms with Crippen molar-refractivity contribution in [2.75, 3.05) is 25.0 Å². The van der Waals surface area contributed by atoms with Crippen LogP contribution in [0.25, 0.3) is 11.0 Å². The summed E-state index contributed by atoms with van der Waals surface area (Å²) in [5.41, 5.74) is 2.01. The number of aromatic nitrogens is 2. The van der Waals surface area contributed by atoms with Crippen LogP contribution in [0.15, 0.2) is 18.2 Å². The Labute approximate surface area is 132 Å². The molecule has 2 atom stereocenters. The van der Waals surface area contributed by atoms with Gasteiger partial charge in [0.25, 0.3) is 0 Å². The number of carbonyl (C=O) groups is 1. The second-order valence-electron chi connectivity index (χ2n) is 5.35. The predicted molar refractivity (Wildman–Crippen MR) is 81.9 cm³/mol. The number of hydrogen-bond donors (Lipinski definition) is 2. The van der Waals surface area contributed by atoms with Gasteiger partial charge in [0, 0.05) is 13.6 Å². The summed E-state index contributed by atoms with van der Waals surface area (Å²) >= 11 is 0. The Morgan fingerprint density at radius 3 is 3.17 bits per heavy atom. The highest BCUT2D eigenvalue weighted by molar-refractivity contribution is 5.79. The van der Waals surface area contributed by atoms with Crippen molar-refractivity contribution in [2.45, 2.75) is 18.7 Å². The Morgan fingerprint density at radius 2 is 2.43 bits per heavy atom. The Morgan fingerprint density at radius 1 is 1.61 bits per heavy atom. The van der Waals surface area contributed by atoms with Gasteiger partial charge in [0.1, 0.15) is 6.17 Å². The molecule has 23 heavy (non-hydrogen) atoms. The van der Waals surface area contributed by atoms with Crippen molar-refractivity contribution in [1.82, 2.24) is 15.3 Å². The molecule has 0 spiro atoms. The van der Waals surface area contributed by atoms with E-state index in [1.54, 1.807) is 18.2 Å². The molecule has 1 aromatic heterocycles. The van der Waals surface area contributed by atoms with Gasteiger partial charge in [-0.15, -0.1) is 0 Å². The lowest BCUT2D eigenvalue weighted by Crippen LogP contribution is -2.48. The second kappa shape index (κ2) is 6.12. The maximum atomic E-state index is 13.9. The van der Waals surface area contributed by atoms with Crippen molar-refractivity contribution in [2.24, 2.45) is 0 Å². The number of alkyl halides is 1. The lowest BCUT2D eigenvalue weighted by molar-refractivity contribution is 0.0364. The van der Waals surface area contributed by atoms with Crippen LogP contribution >= 0.6 is 0 Å². The fourth-order valence-electron chi connectivity index (χ4n) is 2.60. The van der Waals surface area contributed by atoms with Gasteiger partial charge in [-0.1, -0.05) is 0 Å². The van der Waals surface area contributed by atoms with Gasteiger partial charge in [0.15, 0.2) is 6.10 Å². The summed E-state index contributed by atoms with van der Waals surface area (Å²) in [6.07, 6.45) is -2.44. The highest BCUT2D eigenvalue weighted by atomic mass is 19.1. The van der Waals surface area contributed by atoms with Crippen LogP contribution in [0, 0.1) is 11.3 Å². The van der Waals surface area contributed by atoms with E-state index in [9.17, 15) is 9.18 Å². The normalized spacial score (nSPS) is 21.0. The quantitative estimate of drug-likeness (QED) is 0.879. The SMILES string of the molecule is CNC(=O)O[C@@H]1CN(c2nc3ccc(C#N)cc3[nH]2)CC[C@H]1F. The summed E-state index contributed by atoms with van der Waals surface area (Å²) in [5, 5.41) is 11.3. The zero-order valence-corrected chi connectivity index (χ0v) is 12.5. The number of anilines is 1. The highest BCUT2D eigenvalue weighted by Gasteiger charge is 2.33. The Hall–Kier alpha value is -2.82. The number of carbonyl (C=O) groups excluding carboxylic acids is 1. The number of rotatable bonds is 2. The van der Waals surface area contributed by atoms with Crippen molar-refractivity contribution in [3.05, 3.63) is 23.8 Å². The van der Waals surface area contributed by atoms with Gasteiger partial charge < -0.3 is 19.9 Å². The van der Waals surface area contributed by atoms with Crippen LogP contribution in [-0.4, -0.2) is 48.5 Å². The van der Waals surface area contributed by atoms with Gasteiger partial charge in [-0.3, -0.25) is 0 Å². The second-order valence-corrected chi connectivity index (χ2v) is 5.35. The fraction of sp³-hybridized carbons (Fsp3) is 0.400. The number of nitrogens with zero attached hydrogens (tertiary/aromatic N) is 3. The first-order valence-corrected chi connectivity index (χ1v) is 7.28. The van der Waals surface area contributed by atoms with Crippen molar-refractivity contribution in [1.29, 1.82) is 5.26 Å². The molecule has 0 saturated carbocycles. The van der Waals surface area contributed by atoms with Crippen molar-refractivity contribution in [3.8, 4) is 6.07 Å². The number of hydrogen-bond acceptors (Lipinski definition) is 5. The molecule has 2 N–H and O–H groups in total. The lowest BCUT2D eigenvalue weighted by Gasteiger charge is -2.34. The number of H-pyrrole nitrogens is 1. The van der Waals surface area contributed by atoms with Crippen molar-refractivity contribution in [3.63, 3.8) is 0 Å². The molecule has 1 aliphatic rings. The number of imidazole rings is 1. The number of ether oxygens (including phenoxy) is 1. The lowest BCUT2D eigenvalue weighted by atomic mass is 10.1. The van der Waals surface area contributed by atoms with Crippen LogP contribution in [0.3, 0.4) is 0 Å². The molecule has 2 heterocycles. The maximum absolute atomic E-state index is 13.9. The van der Waals surface area contributed by atoms with Gasteiger partial charge in [0.2, 0.25) is 5.95 Å². The van der Waals surface area contributed by atoms with E-state index < -0.39 is 18.4 Å². The van der Waals surface area contributed by atoms with E-state index in [4.69, 9.17) is 10.00 Å². The van der Waals surface area contributed by atoms with E-state index >= 15 is 0 Å². The zero-order valence-electron chi connectivity index (χ0n) is 12.5. The molecule has 1 aliphatic heterocycles. The molecular weight excluding hydrogens is 301 g/mol. The summed E-state index contributed by atoms with van der Waals surface area (Å²) in [4.78, 5) is 20.7. The smallest absolute Gasteiger partial charge is 0.407 e. The molecule has 3 rings (SSSR count). The van der Waals surface area contributed by atoms with Gasteiger partial charge in [0.05, 0.1) is 29.2 Å². The first-order chi connectivity index (χ1) is 11.1. The Bertz CT molecular complexity index is 769. The predicted octanol–water partition coefficient (Wildman–Crippen LogP) is 1.71. The molecule has 7 nitrogen and oxygen atoms in total. The highest BCUT2D eigenvalue weighted by Crippen LogP contribution is 2.24. The van der Waals surface area contributed by atoms with Crippen LogP contribution in [0.2, 0.25) is 0 Å². The van der Waals surface area contributed by atoms with Crippen molar-refractivity contribution >= 4 is 23.1 Å². The minimum absolute atomic E-state index is 0.222. The number of piperidine rings is 1. The average molecular weight is 317 g/mol. The summed E-state index contributed by atoms with van der Waals surface area (Å²) < 4.78 is 19.0. The molecule has 1 fully saturated rings. The molecule has 0 bridgehead atoms. The molecule has 0 unspecified atom stereocenters. The van der Waals surface area contributed by atoms with E-state index in [1.165, 1.54) is 7.05 Å². The topological polar surface area (TPSA) is 94.0 Å². The minimum atomic E-state index is -1.20. The Kier molecular flexibility index (Phi) is 4.02. The fourth-order valence-corrected chi connectivity index (χ4v) is 2.60. The molecule has 1 saturated heterocycles. The minimum Gasteiger partial charge on any atom is -0.441 e. The molecule has 8 heteroatoms. The summed E-state index contributed by atoms with van der Waals surface area (Å²) in [6, 6.07) is 7.24. The first-order valence-electron chi connectivity index (χ1n) is 7.28. The molecule has 1 amide bonds. The number of alkyl carbamates (subject to hydrolysis) is 1. The number of benzene rings is 1. The third-order valence-corrected chi connectivity index (χ3v) is 3.84. The van der Waals surface area contributed by atoms with Crippen molar-refractivity contribution < 1.29 is 13.9 Å². The van der Waals surface area contributed by atoms with Crippen LogP contribution in [0.5, 0.6) is 0 Å². The monoisotopic (exact) mass is 317 g/mol. The van der Waals surface area contributed by atoms with E-state index in [2.05, 4.69) is 21.4 Å². The van der Waals surface area contributed by atoms with Crippen LogP contribution in [-0.2, 0) is 4.74 Å². The molecule has 1 aromatic carbocycles. The Balaban J connectivity index is 1.81. The van der Waals surface area contributed by atoms with Gasteiger partial charge >= 0.3 is 6.09 Å². The van der Waals surface area contributed by atoms with Crippen LogP contribution < -0.4 is 10.2 Å². The number of aromatic amines is 1. The largest absolute Gasteiger partial charge is 0.441 e. The number of fused-ring (bicyclic) bond motifs is 1. The third-order valence-electron chi connectivity index (χ3n) is 3.84. The number of halogens is 1. The zero-order chi connectivity index (χ0) is 16.4. The standard InChI is InChI=1S/C15H16FN5O2/c1-18-15(22)23-13-8-21(5-4-10(13)16)14-19-11-3-2-9(7-17)6-12(11)20-14/h2-3,6,10,13H,4-5,8H2,1H3,(H,18,22)(H,19,20)/t10-,13-/m1/s1. The van der Waals surface area contributed by atoms with Gasteiger partial charge in [-0.05, 0) is 24.6 Å². The van der Waals surface area contributed by atoms with E-state index in [0.29, 0.717) is 18.1 Å². The van der Waals surface area contributed by atoms with Crippen LogP contribution in [0.1, 0.15) is 12.0 Å². The summed E-state index contributed by atoms with van der Waals surface area (Å²) in [5.74, 6) is 0.576. The molecule has 0 aliphatic carbocycles. The molecule has 120 valence electrons. The average Bonchev–Trinajstić information content (AvgIpc) is 2.99. The van der Waals surface area contributed by atoms with Crippen LogP contribution in [0.4, 0.5) is 15.1 Å². The van der Waals surface area contributed by atoms with Gasteiger partial charge in [-0.2, -0.15) is 5.26 Å². The van der Waals surface area contributed by atoms with Gasteiger partial charge in [-0.25, -0.2) is 14.2 Å². The maximum Gasteiger partial charge on any atom is 0.407 e. The van der Waals surface area contributed by atoms with E-state index in [-0.39, 0.29) is 13.0 Å². The molecule has 2 aromatic rings. The molecular formula is C15H16FN5O2. The van der Waals surface area contributed by atoms with E-state index in [0.717, 1.165) is 11.0 Å². The molecule has 0 radical (unpaired) electrons. The number of nitriles is 1. The number of nitrogens with one attached hydrogen (secondary N) is 2. The first kappa shape index (κ1) is 15.1. The summed E-state index contributed by atoms with van der Waals surface area (Å²) in [6.45, 7) is 0.694.